The molecule has 0 aromatic carbocycles. The second kappa shape index (κ2) is 17.5. The summed E-state index contributed by atoms with van der Waals surface area (Å²) in [5.41, 5.74) is 0. The van der Waals surface area contributed by atoms with Gasteiger partial charge in [-0.3, -0.25) is 4.79 Å². The van der Waals surface area contributed by atoms with Gasteiger partial charge in [0.05, 0.1) is 12.1 Å². The van der Waals surface area contributed by atoms with Gasteiger partial charge in [-0.25, -0.2) is 0 Å². The van der Waals surface area contributed by atoms with Crippen LogP contribution in [0.4, 0.5) is 0 Å². The SMILES string of the molecule is CC.CC.CCC(NC=O)C(C)O. The maximum atomic E-state index is 9.86. The van der Waals surface area contributed by atoms with Gasteiger partial charge in [-0.1, -0.05) is 34.6 Å². The van der Waals surface area contributed by atoms with Gasteiger partial charge in [0, 0.05) is 0 Å². The van der Waals surface area contributed by atoms with Crippen LogP contribution in [-0.4, -0.2) is 23.7 Å². The Hall–Kier alpha value is -0.570. The lowest BCUT2D eigenvalue weighted by Gasteiger charge is -2.15. The number of amides is 1. The first-order chi connectivity index (χ1) is 6.22. The summed E-state index contributed by atoms with van der Waals surface area (Å²) in [7, 11) is 0. The highest BCUT2D eigenvalue weighted by Crippen LogP contribution is 1.95. The van der Waals surface area contributed by atoms with Gasteiger partial charge >= 0.3 is 0 Å². The van der Waals surface area contributed by atoms with Crippen LogP contribution in [0.25, 0.3) is 0 Å². The van der Waals surface area contributed by atoms with Crippen LogP contribution in [0, 0.1) is 0 Å². The Morgan fingerprint density at radius 2 is 1.69 bits per heavy atom. The van der Waals surface area contributed by atoms with Gasteiger partial charge in [-0.05, 0) is 13.3 Å². The van der Waals surface area contributed by atoms with Crippen molar-refractivity contribution < 1.29 is 9.90 Å². The lowest BCUT2D eigenvalue weighted by molar-refractivity contribution is -0.110. The normalized spacial score (nSPS) is 12.2. The molecule has 0 fully saturated rings. The van der Waals surface area contributed by atoms with Crippen LogP contribution in [0.15, 0.2) is 0 Å². The minimum absolute atomic E-state index is 0.0949. The van der Waals surface area contributed by atoms with Crippen molar-refractivity contribution in [3.8, 4) is 0 Å². The first kappa shape index (κ1) is 18.3. The number of nitrogens with one attached hydrogen (secondary N) is 1. The average Bonchev–Trinajstić information content (AvgIpc) is 2.20. The van der Waals surface area contributed by atoms with Crippen LogP contribution in [0.5, 0.6) is 0 Å². The van der Waals surface area contributed by atoms with Crippen LogP contribution < -0.4 is 5.32 Å². The van der Waals surface area contributed by atoms with Crippen LogP contribution >= 0.6 is 0 Å². The lowest BCUT2D eigenvalue weighted by Crippen LogP contribution is -2.36. The highest BCUT2D eigenvalue weighted by atomic mass is 16.3. The predicted octanol–water partition coefficient (Wildman–Crippen LogP) is 1.94. The quantitative estimate of drug-likeness (QED) is 0.667. The van der Waals surface area contributed by atoms with Crippen molar-refractivity contribution in [3.63, 3.8) is 0 Å². The molecule has 0 heterocycles. The molecule has 0 saturated heterocycles. The molecule has 1 amide bonds. The van der Waals surface area contributed by atoms with Gasteiger partial charge in [0.1, 0.15) is 0 Å². The summed E-state index contributed by atoms with van der Waals surface area (Å²) < 4.78 is 0. The molecular formula is C10H25NO2. The lowest BCUT2D eigenvalue weighted by atomic mass is 10.1. The maximum absolute atomic E-state index is 9.86. The van der Waals surface area contributed by atoms with Crippen LogP contribution in [0.1, 0.15) is 48.0 Å². The second-order valence-corrected chi connectivity index (χ2v) is 2.04. The number of carbonyl (C=O) groups is 1. The van der Waals surface area contributed by atoms with E-state index in [2.05, 4.69) is 5.32 Å². The number of rotatable bonds is 4. The Labute approximate surface area is 82.5 Å². The van der Waals surface area contributed by atoms with E-state index in [1.807, 2.05) is 34.6 Å². The summed E-state index contributed by atoms with van der Waals surface area (Å²) in [5, 5.41) is 11.4. The molecule has 0 aromatic rings. The van der Waals surface area contributed by atoms with E-state index in [9.17, 15) is 4.79 Å². The molecule has 0 aliphatic rings. The number of carbonyl (C=O) groups excluding carboxylic acids is 1. The van der Waals surface area contributed by atoms with Crippen molar-refractivity contribution in [3.05, 3.63) is 0 Å². The van der Waals surface area contributed by atoms with E-state index in [0.29, 0.717) is 6.41 Å². The average molecular weight is 191 g/mol. The molecule has 0 radical (unpaired) electrons. The fraction of sp³-hybridized carbons (Fsp3) is 0.900. The van der Waals surface area contributed by atoms with Gasteiger partial charge in [0.2, 0.25) is 6.41 Å². The van der Waals surface area contributed by atoms with Gasteiger partial charge in [0.25, 0.3) is 0 Å². The molecule has 0 spiro atoms. The first-order valence-corrected chi connectivity index (χ1v) is 5.10. The zero-order valence-electron chi connectivity index (χ0n) is 9.79. The molecule has 0 aromatic heterocycles. The molecule has 0 aliphatic carbocycles. The molecule has 2 N–H and O–H groups in total. The van der Waals surface area contributed by atoms with Crippen molar-refractivity contribution in [2.45, 2.75) is 60.1 Å². The minimum atomic E-state index is -0.458. The summed E-state index contributed by atoms with van der Waals surface area (Å²) in [5.74, 6) is 0. The Balaban J connectivity index is -0.000000218. The van der Waals surface area contributed by atoms with Crippen molar-refractivity contribution in [2.24, 2.45) is 0 Å². The Morgan fingerprint density at radius 3 is 1.77 bits per heavy atom. The third-order valence-corrected chi connectivity index (χ3v) is 1.30. The number of hydrogen-bond acceptors (Lipinski definition) is 2. The van der Waals surface area contributed by atoms with Crippen molar-refractivity contribution in [1.82, 2.24) is 5.32 Å². The van der Waals surface area contributed by atoms with Gasteiger partial charge in [-0.2, -0.15) is 0 Å². The van der Waals surface area contributed by atoms with Crippen LogP contribution in [0.3, 0.4) is 0 Å². The Kier molecular flexibility index (Phi) is 24.6. The van der Waals surface area contributed by atoms with E-state index in [4.69, 9.17) is 5.11 Å². The molecule has 0 saturated carbocycles. The molecule has 3 heteroatoms. The third-order valence-electron chi connectivity index (χ3n) is 1.30. The van der Waals surface area contributed by atoms with E-state index >= 15 is 0 Å². The monoisotopic (exact) mass is 191 g/mol. The highest BCUT2D eigenvalue weighted by Gasteiger charge is 2.09. The molecule has 13 heavy (non-hydrogen) atoms. The first-order valence-electron chi connectivity index (χ1n) is 5.10. The number of aliphatic hydroxyl groups excluding tert-OH is 1. The smallest absolute Gasteiger partial charge is 0.207 e. The summed E-state index contributed by atoms with van der Waals surface area (Å²) in [6.07, 6.45) is 0.914. The zero-order chi connectivity index (χ0) is 11.3. The van der Waals surface area contributed by atoms with E-state index in [0.717, 1.165) is 6.42 Å². The van der Waals surface area contributed by atoms with Crippen molar-refractivity contribution >= 4 is 6.41 Å². The van der Waals surface area contributed by atoms with E-state index in [1.165, 1.54) is 0 Å². The number of hydrogen-bond donors (Lipinski definition) is 2. The Morgan fingerprint density at radius 1 is 1.31 bits per heavy atom. The van der Waals surface area contributed by atoms with Crippen molar-refractivity contribution in [2.75, 3.05) is 0 Å². The largest absolute Gasteiger partial charge is 0.391 e. The molecule has 3 nitrogen and oxygen atoms in total. The Bertz CT molecular complexity index is 85.0. The van der Waals surface area contributed by atoms with E-state index < -0.39 is 6.10 Å². The minimum Gasteiger partial charge on any atom is -0.391 e. The molecule has 0 rings (SSSR count). The van der Waals surface area contributed by atoms with E-state index in [1.54, 1.807) is 6.92 Å². The summed E-state index contributed by atoms with van der Waals surface area (Å²) in [6, 6.07) is -0.0949. The van der Waals surface area contributed by atoms with Gasteiger partial charge < -0.3 is 10.4 Å². The molecular weight excluding hydrogens is 166 g/mol. The maximum Gasteiger partial charge on any atom is 0.207 e. The second-order valence-electron chi connectivity index (χ2n) is 2.04. The van der Waals surface area contributed by atoms with Crippen molar-refractivity contribution in [1.29, 1.82) is 0 Å². The predicted molar refractivity (Wildman–Crippen MR) is 57.7 cm³/mol. The van der Waals surface area contributed by atoms with Crippen LogP contribution in [0.2, 0.25) is 0 Å². The molecule has 82 valence electrons. The zero-order valence-corrected chi connectivity index (χ0v) is 9.79. The highest BCUT2D eigenvalue weighted by molar-refractivity contribution is 5.46. The summed E-state index contributed by atoms with van der Waals surface area (Å²) in [4.78, 5) is 9.86. The standard InChI is InChI=1S/C6H13NO2.2C2H6/c1-3-6(5(2)9)7-4-8;2*1-2/h4-6,9H,3H2,1-2H3,(H,7,8);2*1-2H3. The summed E-state index contributed by atoms with van der Waals surface area (Å²) in [6.45, 7) is 11.6. The van der Waals surface area contributed by atoms with Crippen LogP contribution in [-0.2, 0) is 4.79 Å². The fourth-order valence-electron chi connectivity index (χ4n) is 0.686. The van der Waals surface area contributed by atoms with Gasteiger partial charge in [-0.15, -0.1) is 0 Å². The third kappa shape index (κ3) is 14.3. The summed E-state index contributed by atoms with van der Waals surface area (Å²) >= 11 is 0. The molecule has 2 atom stereocenters. The molecule has 2 unspecified atom stereocenters. The topological polar surface area (TPSA) is 49.3 Å². The fourth-order valence-corrected chi connectivity index (χ4v) is 0.686. The molecule has 0 bridgehead atoms. The number of aliphatic hydroxyl groups is 1. The molecule has 0 aliphatic heterocycles. The van der Waals surface area contributed by atoms with Gasteiger partial charge in [0.15, 0.2) is 0 Å². The van der Waals surface area contributed by atoms with E-state index in [-0.39, 0.29) is 6.04 Å².